The predicted octanol–water partition coefficient (Wildman–Crippen LogP) is 3.39. The number of benzene rings is 2. The first kappa shape index (κ1) is 18.5. The van der Waals surface area contributed by atoms with Gasteiger partial charge in [0, 0.05) is 0 Å². The van der Waals surface area contributed by atoms with E-state index in [1.165, 1.54) is 6.08 Å². The molecular formula is C19H16N4O3. The zero-order chi connectivity index (χ0) is 19.1. The number of carbonyl (C=O) groups excluding carboxylic acids is 1. The van der Waals surface area contributed by atoms with Gasteiger partial charge in [-0.15, -0.1) is 0 Å². The van der Waals surface area contributed by atoms with Crippen molar-refractivity contribution >= 4 is 12.1 Å². The third kappa shape index (κ3) is 4.38. The SMILES string of the molecule is C[C@H](C=Cc1cccc(Oc2ccc(C#N)cc2)c1C#N)N(O)C(N)=O. The Balaban J connectivity index is 2.27. The molecule has 1 atom stereocenters. The Morgan fingerprint density at radius 3 is 2.50 bits per heavy atom. The van der Waals surface area contributed by atoms with Gasteiger partial charge in [-0.1, -0.05) is 24.3 Å². The Morgan fingerprint density at radius 2 is 1.92 bits per heavy atom. The van der Waals surface area contributed by atoms with Gasteiger partial charge < -0.3 is 10.5 Å². The molecule has 7 nitrogen and oxygen atoms in total. The van der Waals surface area contributed by atoms with Crippen LogP contribution in [0.2, 0.25) is 0 Å². The number of carbonyl (C=O) groups is 1. The van der Waals surface area contributed by atoms with Crippen LogP contribution in [0.5, 0.6) is 11.5 Å². The molecule has 130 valence electrons. The van der Waals surface area contributed by atoms with Crippen molar-refractivity contribution in [2.75, 3.05) is 0 Å². The van der Waals surface area contributed by atoms with Crippen LogP contribution in [-0.4, -0.2) is 22.3 Å². The molecule has 0 aromatic heterocycles. The Hall–Kier alpha value is -3.81. The number of nitriles is 2. The lowest BCUT2D eigenvalue weighted by Crippen LogP contribution is -2.38. The van der Waals surface area contributed by atoms with E-state index < -0.39 is 12.1 Å². The minimum atomic E-state index is -0.972. The van der Waals surface area contributed by atoms with Crippen molar-refractivity contribution in [3.05, 3.63) is 65.2 Å². The molecule has 3 N–H and O–H groups in total. The molecule has 0 spiro atoms. The highest BCUT2D eigenvalue weighted by atomic mass is 16.5. The highest BCUT2D eigenvalue weighted by molar-refractivity contribution is 5.71. The van der Waals surface area contributed by atoms with Crippen molar-refractivity contribution < 1.29 is 14.7 Å². The van der Waals surface area contributed by atoms with Crippen LogP contribution in [0.25, 0.3) is 6.08 Å². The summed E-state index contributed by atoms with van der Waals surface area (Å²) in [5.41, 5.74) is 6.36. The smallest absolute Gasteiger partial charge is 0.339 e. The fourth-order valence-corrected chi connectivity index (χ4v) is 2.14. The van der Waals surface area contributed by atoms with E-state index in [1.807, 2.05) is 6.07 Å². The molecule has 2 aromatic carbocycles. The summed E-state index contributed by atoms with van der Waals surface area (Å²) in [4.78, 5) is 11.0. The number of rotatable bonds is 5. The number of hydrogen-bond acceptors (Lipinski definition) is 5. The van der Waals surface area contributed by atoms with Crippen LogP contribution in [0.1, 0.15) is 23.6 Å². The van der Waals surface area contributed by atoms with E-state index in [2.05, 4.69) is 6.07 Å². The van der Waals surface area contributed by atoms with Gasteiger partial charge in [-0.3, -0.25) is 5.21 Å². The van der Waals surface area contributed by atoms with E-state index in [4.69, 9.17) is 15.7 Å². The number of urea groups is 1. The van der Waals surface area contributed by atoms with Gasteiger partial charge in [-0.05, 0) is 42.8 Å². The number of nitrogens with two attached hydrogens (primary N) is 1. The van der Waals surface area contributed by atoms with Crippen LogP contribution >= 0.6 is 0 Å². The monoisotopic (exact) mass is 348 g/mol. The van der Waals surface area contributed by atoms with Gasteiger partial charge in [0.2, 0.25) is 0 Å². The van der Waals surface area contributed by atoms with Crippen LogP contribution in [0.15, 0.2) is 48.5 Å². The minimum Gasteiger partial charge on any atom is -0.456 e. The van der Waals surface area contributed by atoms with Crippen LogP contribution in [0, 0.1) is 22.7 Å². The standard InChI is InChI=1S/C19H16N4O3/c1-13(23(25)19(22)24)5-8-15-3-2-4-18(17(15)12-21)26-16-9-6-14(11-20)7-10-16/h2-10,13,25H,1H3,(H2,22,24)/t13-/m1/s1. The number of hydroxylamine groups is 2. The summed E-state index contributed by atoms with van der Waals surface area (Å²) in [5, 5.41) is 28.2. The van der Waals surface area contributed by atoms with Gasteiger partial charge in [-0.2, -0.15) is 15.6 Å². The zero-order valence-electron chi connectivity index (χ0n) is 14.0. The maximum absolute atomic E-state index is 11.0. The lowest BCUT2D eigenvalue weighted by molar-refractivity contribution is -0.0560. The minimum absolute atomic E-state index is 0.295. The molecule has 0 fully saturated rings. The van der Waals surface area contributed by atoms with Gasteiger partial charge in [0.15, 0.2) is 0 Å². The van der Waals surface area contributed by atoms with E-state index >= 15 is 0 Å². The number of hydrogen-bond donors (Lipinski definition) is 2. The second-order valence-electron chi connectivity index (χ2n) is 5.35. The molecule has 0 radical (unpaired) electrons. The Bertz CT molecular complexity index is 908. The summed E-state index contributed by atoms with van der Waals surface area (Å²) < 4.78 is 5.73. The Labute approximate surface area is 150 Å². The quantitative estimate of drug-likeness (QED) is 0.633. The molecule has 0 aliphatic heterocycles. The highest BCUT2D eigenvalue weighted by Crippen LogP contribution is 2.28. The zero-order valence-corrected chi connectivity index (χ0v) is 14.0. The van der Waals surface area contributed by atoms with Gasteiger partial charge in [0.05, 0.1) is 17.7 Å². The summed E-state index contributed by atoms with van der Waals surface area (Å²) >= 11 is 0. The van der Waals surface area contributed by atoms with Crippen LogP contribution in [0.4, 0.5) is 4.79 Å². The fraction of sp³-hybridized carbons (Fsp3) is 0.105. The van der Waals surface area contributed by atoms with E-state index in [9.17, 15) is 15.3 Å². The van der Waals surface area contributed by atoms with Crippen molar-refractivity contribution in [2.24, 2.45) is 5.73 Å². The van der Waals surface area contributed by atoms with Crippen molar-refractivity contribution in [2.45, 2.75) is 13.0 Å². The van der Waals surface area contributed by atoms with Crippen LogP contribution in [0.3, 0.4) is 0 Å². The third-order valence-corrected chi connectivity index (χ3v) is 3.55. The van der Waals surface area contributed by atoms with Crippen LogP contribution in [-0.2, 0) is 0 Å². The van der Waals surface area contributed by atoms with E-state index in [0.29, 0.717) is 33.3 Å². The van der Waals surface area contributed by atoms with Crippen molar-refractivity contribution in [3.63, 3.8) is 0 Å². The molecule has 0 aliphatic rings. The van der Waals surface area contributed by atoms with Crippen molar-refractivity contribution in [1.82, 2.24) is 5.06 Å². The average molecular weight is 348 g/mol. The first-order chi connectivity index (χ1) is 12.5. The van der Waals surface area contributed by atoms with Crippen molar-refractivity contribution in [1.29, 1.82) is 10.5 Å². The molecule has 0 aliphatic carbocycles. The molecule has 7 heteroatoms. The summed E-state index contributed by atoms with van der Waals surface area (Å²) in [7, 11) is 0. The average Bonchev–Trinajstić information content (AvgIpc) is 2.66. The molecule has 0 saturated carbocycles. The van der Waals surface area contributed by atoms with Gasteiger partial charge in [0.1, 0.15) is 23.1 Å². The second-order valence-corrected chi connectivity index (χ2v) is 5.35. The summed E-state index contributed by atoms with van der Waals surface area (Å²) in [5.74, 6) is 0.841. The number of ether oxygens (including phenoxy) is 1. The normalized spacial score (nSPS) is 11.4. The van der Waals surface area contributed by atoms with E-state index in [0.717, 1.165) is 0 Å². The van der Waals surface area contributed by atoms with E-state index in [1.54, 1.807) is 55.5 Å². The fourth-order valence-electron chi connectivity index (χ4n) is 2.14. The second kappa shape index (κ2) is 8.34. The summed E-state index contributed by atoms with van der Waals surface area (Å²) in [6.07, 6.45) is 3.13. The third-order valence-electron chi connectivity index (χ3n) is 3.55. The van der Waals surface area contributed by atoms with Crippen molar-refractivity contribution in [3.8, 4) is 23.6 Å². The number of primary amides is 1. The molecule has 0 unspecified atom stereocenters. The molecule has 0 heterocycles. The van der Waals surface area contributed by atoms with Crippen LogP contribution < -0.4 is 10.5 Å². The summed E-state index contributed by atoms with van der Waals surface area (Å²) in [6.45, 7) is 1.57. The largest absolute Gasteiger partial charge is 0.456 e. The lowest BCUT2D eigenvalue weighted by atomic mass is 10.1. The molecule has 2 amide bonds. The molecule has 0 bridgehead atoms. The number of nitrogens with zero attached hydrogens (tertiary/aromatic N) is 3. The predicted molar refractivity (Wildman–Crippen MR) is 94.1 cm³/mol. The van der Waals surface area contributed by atoms with Gasteiger partial charge in [0.25, 0.3) is 0 Å². The molecule has 26 heavy (non-hydrogen) atoms. The lowest BCUT2D eigenvalue weighted by Gasteiger charge is -2.17. The first-order valence-electron chi connectivity index (χ1n) is 7.63. The maximum Gasteiger partial charge on any atom is 0.339 e. The number of amides is 2. The molecule has 2 rings (SSSR count). The molecule has 0 saturated heterocycles. The van der Waals surface area contributed by atoms with E-state index in [-0.39, 0.29) is 0 Å². The Kier molecular flexibility index (Phi) is 5.94. The first-order valence-corrected chi connectivity index (χ1v) is 7.63. The maximum atomic E-state index is 11.0. The highest BCUT2D eigenvalue weighted by Gasteiger charge is 2.13. The van der Waals surface area contributed by atoms with Gasteiger partial charge >= 0.3 is 6.03 Å². The summed E-state index contributed by atoms with van der Waals surface area (Å²) in [6, 6.07) is 14.1. The van der Waals surface area contributed by atoms with Gasteiger partial charge in [-0.25, -0.2) is 4.79 Å². The Morgan fingerprint density at radius 1 is 1.23 bits per heavy atom. The molecular weight excluding hydrogens is 332 g/mol. The topological polar surface area (TPSA) is 123 Å². The molecule has 2 aromatic rings.